The Morgan fingerprint density at radius 1 is 0.549 bits per heavy atom. The molecule has 0 unspecified atom stereocenters. The van der Waals surface area contributed by atoms with Gasteiger partial charge in [-0.1, -0.05) is 146 Å². The molecule has 2 nitrogen and oxygen atoms in total. The van der Waals surface area contributed by atoms with E-state index in [4.69, 9.17) is 10.7 Å². The molecule has 0 saturated carbocycles. The van der Waals surface area contributed by atoms with Crippen LogP contribution in [0.3, 0.4) is 0 Å². The minimum Gasteiger partial charge on any atom is -0.397 e. The Hall–Kier alpha value is -6.51. The first-order valence-corrected chi connectivity index (χ1v) is 17.6. The van der Waals surface area contributed by atoms with Crippen LogP contribution in [0.4, 0.5) is 0 Å². The van der Waals surface area contributed by atoms with Crippen molar-refractivity contribution in [2.24, 2.45) is 5.73 Å². The number of nitrogens with zero attached hydrogens (tertiary/aromatic N) is 1. The van der Waals surface area contributed by atoms with Gasteiger partial charge in [0.15, 0.2) is 0 Å². The van der Waals surface area contributed by atoms with E-state index in [-0.39, 0.29) is 0 Å². The Labute approximate surface area is 297 Å². The minimum absolute atomic E-state index is 0.470. The maximum Gasteiger partial charge on any atom is 0.0866 e. The van der Waals surface area contributed by atoms with Gasteiger partial charge in [-0.05, 0) is 114 Å². The van der Waals surface area contributed by atoms with E-state index in [9.17, 15) is 0 Å². The molecule has 7 aromatic carbocycles. The van der Waals surface area contributed by atoms with E-state index in [1.54, 1.807) is 0 Å². The number of hydrogen-bond acceptors (Lipinski definition) is 2. The van der Waals surface area contributed by atoms with Crippen molar-refractivity contribution in [1.29, 1.82) is 0 Å². The van der Waals surface area contributed by atoms with Crippen LogP contribution in [0.2, 0.25) is 0 Å². The maximum atomic E-state index is 6.41. The standard InChI is InChI=1S/C49H34N2/c1-2-3-24-44(50)46-26-13-25-45(51-46)33-16-12-15-32(29-33)40-30-43-47(38-21-7-6-18-35(38)40)39-28-27-31-14-4-5-17-34(31)48(39)49(43)41-22-10-8-19-36(41)37-20-9-11-23-42(37)49/h2-30H,50H2,1H3/b3-2-,44-24-. The Morgan fingerprint density at radius 2 is 1.22 bits per heavy atom. The Morgan fingerprint density at radius 3 is 2.00 bits per heavy atom. The van der Waals surface area contributed by atoms with E-state index < -0.39 is 5.41 Å². The second kappa shape index (κ2) is 11.3. The number of hydrogen-bond donors (Lipinski definition) is 1. The second-order valence-corrected chi connectivity index (χ2v) is 13.6. The van der Waals surface area contributed by atoms with Gasteiger partial charge < -0.3 is 5.73 Å². The molecular formula is C49H34N2. The lowest BCUT2D eigenvalue weighted by molar-refractivity contribution is 0.802. The molecule has 10 rings (SSSR count). The maximum absolute atomic E-state index is 6.41. The van der Waals surface area contributed by atoms with Crippen LogP contribution in [0, 0.1) is 0 Å². The molecule has 2 aliphatic carbocycles. The van der Waals surface area contributed by atoms with Gasteiger partial charge in [0, 0.05) is 5.56 Å². The van der Waals surface area contributed by atoms with Crippen LogP contribution in [0.25, 0.3) is 71.9 Å². The van der Waals surface area contributed by atoms with Crippen molar-refractivity contribution in [3.8, 4) is 44.6 Å². The van der Waals surface area contributed by atoms with Gasteiger partial charge in [0.1, 0.15) is 0 Å². The number of nitrogens with two attached hydrogens (primary N) is 1. The first kappa shape index (κ1) is 29.4. The molecule has 1 heterocycles. The molecule has 0 bridgehead atoms. The quantitative estimate of drug-likeness (QED) is 0.193. The highest BCUT2D eigenvalue weighted by Gasteiger charge is 2.53. The first-order chi connectivity index (χ1) is 25.2. The summed E-state index contributed by atoms with van der Waals surface area (Å²) in [5, 5.41) is 5.08. The summed E-state index contributed by atoms with van der Waals surface area (Å²) in [7, 11) is 0. The van der Waals surface area contributed by atoms with E-state index >= 15 is 0 Å². The van der Waals surface area contributed by atoms with Gasteiger partial charge in [0.05, 0.1) is 22.5 Å². The fourth-order valence-electron chi connectivity index (χ4n) is 8.90. The fourth-order valence-corrected chi connectivity index (χ4v) is 8.90. The molecule has 2 heteroatoms. The molecule has 0 fully saturated rings. The number of pyridine rings is 1. The Bertz CT molecular complexity index is 2740. The zero-order valence-electron chi connectivity index (χ0n) is 28.3. The molecule has 0 atom stereocenters. The Kier molecular flexibility index (Phi) is 6.50. The largest absolute Gasteiger partial charge is 0.397 e. The fraction of sp³-hybridized carbons (Fsp3) is 0.0408. The molecular weight excluding hydrogens is 617 g/mol. The second-order valence-electron chi connectivity index (χ2n) is 13.6. The SMILES string of the molecule is C/C=C\C=C(/N)c1cccc(-c2cccc(-c3cc4c(c5ccccc35)-c3ccc5ccccc5c3C43c4ccccc4-c4ccccc43)c2)n1. The van der Waals surface area contributed by atoms with Crippen molar-refractivity contribution in [2.45, 2.75) is 12.3 Å². The zero-order chi connectivity index (χ0) is 34.1. The van der Waals surface area contributed by atoms with Crippen molar-refractivity contribution >= 4 is 27.2 Å². The molecule has 0 saturated heterocycles. The van der Waals surface area contributed by atoms with Crippen LogP contribution < -0.4 is 5.73 Å². The highest BCUT2D eigenvalue weighted by Crippen LogP contribution is 2.65. The van der Waals surface area contributed by atoms with E-state index in [0.717, 1.165) is 22.5 Å². The molecule has 1 aromatic heterocycles. The average molecular weight is 651 g/mol. The van der Waals surface area contributed by atoms with Crippen LogP contribution in [-0.4, -0.2) is 4.98 Å². The first-order valence-electron chi connectivity index (χ1n) is 17.6. The van der Waals surface area contributed by atoms with E-state index in [1.165, 1.54) is 71.6 Å². The summed E-state index contributed by atoms with van der Waals surface area (Å²) in [6, 6.07) is 58.0. The molecule has 240 valence electrons. The molecule has 0 aliphatic heterocycles. The molecule has 0 amide bonds. The van der Waals surface area contributed by atoms with Crippen molar-refractivity contribution in [1.82, 2.24) is 4.98 Å². The van der Waals surface area contributed by atoms with Crippen LogP contribution in [0.1, 0.15) is 34.9 Å². The van der Waals surface area contributed by atoms with Crippen molar-refractivity contribution in [2.75, 3.05) is 0 Å². The van der Waals surface area contributed by atoms with Gasteiger partial charge >= 0.3 is 0 Å². The van der Waals surface area contributed by atoms with Crippen molar-refractivity contribution in [3.05, 3.63) is 204 Å². The number of rotatable bonds is 4. The monoisotopic (exact) mass is 650 g/mol. The molecule has 51 heavy (non-hydrogen) atoms. The zero-order valence-corrected chi connectivity index (χ0v) is 28.3. The number of fused-ring (bicyclic) bond motifs is 14. The smallest absolute Gasteiger partial charge is 0.0866 e. The number of allylic oxidation sites excluding steroid dienone is 3. The van der Waals surface area contributed by atoms with Gasteiger partial charge in [-0.2, -0.15) is 0 Å². The molecule has 1 spiro atoms. The van der Waals surface area contributed by atoms with Crippen molar-refractivity contribution < 1.29 is 0 Å². The third-order valence-electron chi connectivity index (χ3n) is 11.0. The number of benzene rings is 7. The summed E-state index contributed by atoms with van der Waals surface area (Å²) < 4.78 is 0. The summed E-state index contributed by atoms with van der Waals surface area (Å²) in [5.41, 5.74) is 22.4. The van der Waals surface area contributed by atoms with E-state index in [0.29, 0.717) is 5.70 Å². The molecule has 2 aliphatic rings. The predicted octanol–water partition coefficient (Wildman–Crippen LogP) is 11.9. The highest BCUT2D eigenvalue weighted by atomic mass is 14.8. The molecule has 8 aromatic rings. The average Bonchev–Trinajstić information content (AvgIpc) is 3.67. The van der Waals surface area contributed by atoms with Crippen LogP contribution in [0.5, 0.6) is 0 Å². The lowest BCUT2D eigenvalue weighted by Gasteiger charge is -2.32. The summed E-state index contributed by atoms with van der Waals surface area (Å²) in [6.45, 7) is 1.98. The van der Waals surface area contributed by atoms with Gasteiger partial charge in [-0.3, -0.25) is 0 Å². The van der Waals surface area contributed by atoms with Crippen LogP contribution in [0.15, 0.2) is 176 Å². The minimum atomic E-state index is -0.470. The summed E-state index contributed by atoms with van der Waals surface area (Å²) in [6.07, 6.45) is 5.81. The predicted molar refractivity (Wildman–Crippen MR) is 213 cm³/mol. The van der Waals surface area contributed by atoms with Gasteiger partial charge in [-0.25, -0.2) is 4.98 Å². The van der Waals surface area contributed by atoms with Gasteiger partial charge in [-0.15, -0.1) is 0 Å². The van der Waals surface area contributed by atoms with Crippen molar-refractivity contribution in [3.63, 3.8) is 0 Å². The molecule has 2 N–H and O–H groups in total. The van der Waals surface area contributed by atoms with E-state index in [1.807, 2.05) is 37.3 Å². The topological polar surface area (TPSA) is 38.9 Å². The van der Waals surface area contributed by atoms with Gasteiger partial charge in [0.2, 0.25) is 0 Å². The Balaban J connectivity index is 1.28. The lowest BCUT2D eigenvalue weighted by Crippen LogP contribution is -2.26. The lowest BCUT2D eigenvalue weighted by atomic mass is 9.69. The third kappa shape index (κ3) is 4.14. The number of aromatic nitrogens is 1. The van der Waals surface area contributed by atoms with Crippen LogP contribution >= 0.6 is 0 Å². The molecule has 0 radical (unpaired) electrons. The summed E-state index contributed by atoms with van der Waals surface area (Å²) in [4.78, 5) is 4.99. The third-order valence-corrected chi connectivity index (χ3v) is 11.0. The summed E-state index contributed by atoms with van der Waals surface area (Å²) >= 11 is 0. The van der Waals surface area contributed by atoms with Crippen LogP contribution in [-0.2, 0) is 5.41 Å². The highest BCUT2D eigenvalue weighted by molar-refractivity contribution is 6.14. The summed E-state index contributed by atoms with van der Waals surface area (Å²) in [5.74, 6) is 0. The van der Waals surface area contributed by atoms with E-state index in [2.05, 4.69) is 146 Å². The van der Waals surface area contributed by atoms with Gasteiger partial charge in [0.25, 0.3) is 0 Å². The normalized spacial score (nSPS) is 13.9.